The van der Waals surface area contributed by atoms with Gasteiger partial charge in [0.05, 0.1) is 17.9 Å². The lowest BCUT2D eigenvalue weighted by atomic mass is 9.88. The van der Waals surface area contributed by atoms with E-state index in [2.05, 4.69) is 129 Å². The van der Waals surface area contributed by atoms with Crippen LogP contribution >= 0.6 is 0 Å². The fourth-order valence-electron chi connectivity index (χ4n) is 5.87. The second-order valence-electron chi connectivity index (χ2n) is 13.7. The van der Waals surface area contributed by atoms with Crippen molar-refractivity contribution in [3.8, 4) is 39.3 Å². The molecule has 240 valence electrons. The number of nitrogens with one attached hydrogen (secondary N) is 1. The molecule has 3 heteroatoms. The number of aromatic hydroxyl groups is 1. The van der Waals surface area contributed by atoms with Crippen LogP contribution in [-0.2, 0) is 6.54 Å². The van der Waals surface area contributed by atoms with E-state index in [1.807, 2.05) is 30.3 Å². The van der Waals surface area contributed by atoms with Gasteiger partial charge >= 0.3 is 0 Å². The minimum absolute atomic E-state index is 0.291. The van der Waals surface area contributed by atoms with Crippen molar-refractivity contribution in [1.82, 2.24) is 10.3 Å². The molecule has 0 spiro atoms. The van der Waals surface area contributed by atoms with Crippen LogP contribution in [0.2, 0.25) is 0 Å². The monoisotopic (exact) mass is 612 g/mol. The number of aryl methyl sites for hydroxylation is 1. The van der Waals surface area contributed by atoms with E-state index in [0.29, 0.717) is 36.0 Å². The summed E-state index contributed by atoms with van der Waals surface area (Å²) >= 11 is 0. The van der Waals surface area contributed by atoms with Crippen molar-refractivity contribution >= 4 is 0 Å². The molecular formula is C43H52N2O. The number of nitrogens with zero attached hydrogens (tertiary/aromatic N) is 1. The Morgan fingerprint density at radius 2 is 1.37 bits per heavy atom. The predicted molar refractivity (Wildman–Crippen MR) is 198 cm³/mol. The van der Waals surface area contributed by atoms with Gasteiger partial charge in [0.1, 0.15) is 5.75 Å². The molecule has 46 heavy (non-hydrogen) atoms. The zero-order chi connectivity index (χ0) is 33.7. The first-order valence-corrected chi connectivity index (χ1v) is 16.7. The highest BCUT2D eigenvalue weighted by molar-refractivity contribution is 5.90. The third-order valence-electron chi connectivity index (χ3n) is 8.77. The first kappa shape index (κ1) is 34.5. The average molecular weight is 613 g/mol. The Kier molecular flexibility index (Phi) is 11.1. The summed E-state index contributed by atoms with van der Waals surface area (Å²) in [6, 6.07) is 25.3. The lowest BCUT2D eigenvalue weighted by molar-refractivity contribution is 0.479. The molecule has 0 aliphatic carbocycles. The molecular weight excluding hydrogens is 560 g/mol. The van der Waals surface area contributed by atoms with E-state index in [4.69, 9.17) is 4.98 Å². The Labute approximate surface area is 277 Å². The molecule has 0 bridgehead atoms. The van der Waals surface area contributed by atoms with Crippen LogP contribution < -0.4 is 5.32 Å². The van der Waals surface area contributed by atoms with Crippen LogP contribution in [0.15, 0.2) is 109 Å². The second-order valence-corrected chi connectivity index (χ2v) is 13.7. The number of allylic oxidation sites excluding steroid dienone is 3. The highest BCUT2D eigenvalue weighted by atomic mass is 16.3. The summed E-state index contributed by atoms with van der Waals surface area (Å²) in [4.78, 5) is 5.11. The normalized spacial score (nSPS) is 12.2. The molecule has 3 nitrogen and oxygen atoms in total. The molecule has 1 heterocycles. The van der Waals surface area contributed by atoms with Gasteiger partial charge in [-0.25, -0.2) is 0 Å². The van der Waals surface area contributed by atoms with Gasteiger partial charge in [-0.1, -0.05) is 123 Å². The zero-order valence-corrected chi connectivity index (χ0v) is 29.3. The van der Waals surface area contributed by atoms with Crippen LogP contribution in [0, 0.1) is 18.8 Å². The number of phenols is 1. The molecule has 0 amide bonds. The van der Waals surface area contributed by atoms with Gasteiger partial charge in [-0.2, -0.15) is 0 Å². The summed E-state index contributed by atoms with van der Waals surface area (Å²) in [5.74, 6) is 1.69. The Bertz CT molecular complexity index is 1730. The summed E-state index contributed by atoms with van der Waals surface area (Å²) in [6.45, 7) is 28.7. The van der Waals surface area contributed by atoms with Gasteiger partial charge in [-0.3, -0.25) is 4.98 Å². The highest BCUT2D eigenvalue weighted by Gasteiger charge is 2.19. The van der Waals surface area contributed by atoms with Crippen LogP contribution in [-0.4, -0.2) is 10.1 Å². The van der Waals surface area contributed by atoms with Crippen molar-refractivity contribution in [2.45, 2.75) is 80.7 Å². The maximum Gasteiger partial charge on any atom is 0.131 e. The van der Waals surface area contributed by atoms with E-state index in [1.54, 1.807) is 0 Å². The molecule has 0 atom stereocenters. The maximum atomic E-state index is 11.9. The Hall–Kier alpha value is -4.37. The minimum Gasteiger partial charge on any atom is -0.507 e. The number of phenolic OH excluding ortho intramolecular Hbond substituents is 1. The molecule has 0 unspecified atom stereocenters. The summed E-state index contributed by atoms with van der Waals surface area (Å²) in [7, 11) is 0. The lowest BCUT2D eigenvalue weighted by Crippen LogP contribution is -2.20. The minimum atomic E-state index is 0.291. The number of hydrogen-bond donors (Lipinski definition) is 2. The first-order valence-electron chi connectivity index (χ1n) is 16.7. The van der Waals surface area contributed by atoms with Crippen LogP contribution in [0.5, 0.6) is 5.75 Å². The zero-order valence-electron chi connectivity index (χ0n) is 29.3. The molecule has 0 radical (unpaired) electrons. The Morgan fingerprint density at radius 3 is 1.93 bits per heavy atom. The molecule has 4 aromatic rings. The van der Waals surface area contributed by atoms with Crippen LogP contribution in [0.25, 0.3) is 33.5 Å². The number of aromatic nitrogens is 1. The van der Waals surface area contributed by atoms with Crippen molar-refractivity contribution in [1.29, 1.82) is 0 Å². The van der Waals surface area contributed by atoms with E-state index in [9.17, 15) is 5.11 Å². The topological polar surface area (TPSA) is 45.1 Å². The predicted octanol–water partition coefficient (Wildman–Crippen LogP) is 11.7. The molecule has 2 N–H and O–H groups in total. The van der Waals surface area contributed by atoms with Gasteiger partial charge in [-0.15, -0.1) is 0 Å². The van der Waals surface area contributed by atoms with Crippen LogP contribution in [0.3, 0.4) is 0 Å². The van der Waals surface area contributed by atoms with Crippen LogP contribution in [0.4, 0.5) is 0 Å². The average Bonchev–Trinajstić information content (AvgIpc) is 3.03. The number of hydrogen-bond acceptors (Lipinski definition) is 3. The number of rotatable bonds is 12. The largest absolute Gasteiger partial charge is 0.507 e. The Balaban J connectivity index is 1.78. The number of benzene rings is 3. The molecule has 4 rings (SSSR count). The third kappa shape index (κ3) is 7.70. The van der Waals surface area contributed by atoms with Crippen LogP contribution in [0.1, 0.15) is 89.6 Å². The quantitative estimate of drug-likeness (QED) is 0.156. The lowest BCUT2D eigenvalue weighted by Gasteiger charge is -2.22. The van der Waals surface area contributed by atoms with Gasteiger partial charge < -0.3 is 10.4 Å². The van der Waals surface area contributed by atoms with E-state index < -0.39 is 0 Å². The SMILES string of the molecule is C=C/C(=C(/NCc1cccc(-c2ccccc2-c2cc(C)cc(-c3cc(C(C)C)cc(C(C)C)c3)c2O)n1)C(=C)C(C)C)C(C)C. The standard InChI is InChI=1S/C43H52N2O/c1-12-36(29(8)9)42(31(11)26(2)3)44-25-35-16-15-19-41(45-35)38-18-14-13-17-37(38)40-21-30(10)20-39(43(40)46)34-23-32(27(4)5)22-33(24-34)28(6)7/h12-24,26-29,44,46H,1,11,25H2,2-10H3/b42-36-. The number of pyridine rings is 1. The van der Waals surface area contributed by atoms with E-state index in [-0.39, 0.29) is 0 Å². The molecule has 3 aromatic carbocycles. The van der Waals surface area contributed by atoms with E-state index in [0.717, 1.165) is 61.6 Å². The molecule has 0 saturated carbocycles. The first-order chi connectivity index (χ1) is 21.8. The van der Waals surface area contributed by atoms with Gasteiger partial charge in [0, 0.05) is 22.4 Å². The van der Waals surface area contributed by atoms with Crippen molar-refractivity contribution in [2.75, 3.05) is 0 Å². The second kappa shape index (κ2) is 14.8. The van der Waals surface area contributed by atoms with Crippen molar-refractivity contribution in [2.24, 2.45) is 11.8 Å². The van der Waals surface area contributed by atoms with Gasteiger partial charge in [-0.05, 0) is 93.8 Å². The fourth-order valence-corrected chi connectivity index (χ4v) is 5.87. The maximum absolute atomic E-state index is 11.9. The summed E-state index contributed by atoms with van der Waals surface area (Å²) < 4.78 is 0. The van der Waals surface area contributed by atoms with Crippen molar-refractivity contribution in [3.63, 3.8) is 0 Å². The van der Waals surface area contributed by atoms with E-state index in [1.165, 1.54) is 11.1 Å². The molecule has 0 aliphatic rings. The Morgan fingerprint density at radius 1 is 0.761 bits per heavy atom. The smallest absolute Gasteiger partial charge is 0.131 e. The van der Waals surface area contributed by atoms with Gasteiger partial charge in [0.15, 0.2) is 0 Å². The highest BCUT2D eigenvalue weighted by Crippen LogP contribution is 2.43. The molecule has 0 fully saturated rings. The van der Waals surface area contributed by atoms with Gasteiger partial charge in [0.2, 0.25) is 0 Å². The molecule has 0 aliphatic heterocycles. The van der Waals surface area contributed by atoms with Crippen molar-refractivity contribution < 1.29 is 5.11 Å². The van der Waals surface area contributed by atoms with Gasteiger partial charge in [0.25, 0.3) is 0 Å². The third-order valence-corrected chi connectivity index (χ3v) is 8.77. The summed E-state index contributed by atoms with van der Waals surface area (Å²) in [6.07, 6.45) is 1.94. The van der Waals surface area contributed by atoms with E-state index >= 15 is 0 Å². The fraction of sp³-hybridized carbons (Fsp3) is 0.326. The van der Waals surface area contributed by atoms with Crippen molar-refractivity contribution in [3.05, 3.63) is 131 Å². The molecule has 1 aromatic heterocycles. The summed E-state index contributed by atoms with van der Waals surface area (Å²) in [5, 5.41) is 15.6. The molecule has 0 saturated heterocycles. The summed E-state index contributed by atoms with van der Waals surface area (Å²) in [5.41, 5.74) is 13.4.